The van der Waals surface area contributed by atoms with Crippen LogP contribution in [0.5, 0.6) is 5.75 Å². The summed E-state index contributed by atoms with van der Waals surface area (Å²) in [5.41, 5.74) is 0.951. The third-order valence-electron chi connectivity index (χ3n) is 3.46. The summed E-state index contributed by atoms with van der Waals surface area (Å²) in [7, 11) is -2.24. The molecule has 0 saturated heterocycles. The molecule has 0 aliphatic rings. The van der Waals surface area contributed by atoms with Crippen molar-refractivity contribution in [1.29, 1.82) is 0 Å². The van der Waals surface area contributed by atoms with Crippen LogP contribution < -0.4 is 14.8 Å². The summed E-state index contributed by atoms with van der Waals surface area (Å²) in [5.74, 6) is 0.0313. The number of methoxy groups -OCH3 is 1. The number of hydrogen-bond donors (Lipinski definition) is 2. The van der Waals surface area contributed by atoms with Gasteiger partial charge in [-0.2, -0.15) is 0 Å². The number of rotatable bonds is 7. The summed E-state index contributed by atoms with van der Waals surface area (Å²) in [5, 5.41) is 3.18. The Hall–Kier alpha value is -2.09. The summed E-state index contributed by atoms with van der Waals surface area (Å²) < 4.78 is 32.4. The lowest BCUT2D eigenvalue weighted by molar-refractivity contribution is -0.115. The number of benzene rings is 2. The molecule has 0 spiro atoms. The van der Waals surface area contributed by atoms with E-state index in [2.05, 4.69) is 10.0 Å². The molecule has 2 N–H and O–H groups in total. The molecule has 140 valence electrons. The van der Waals surface area contributed by atoms with Crippen molar-refractivity contribution < 1.29 is 17.9 Å². The SMILES string of the molecule is COc1ccc(S(=O)(=O)NC(C)C)cc1NC(=O)Cc1ccccc1Cl. The quantitative estimate of drug-likeness (QED) is 0.752. The number of amides is 1. The van der Waals surface area contributed by atoms with Gasteiger partial charge in [0.1, 0.15) is 5.75 Å². The maximum atomic E-state index is 12.4. The Morgan fingerprint density at radius 2 is 1.88 bits per heavy atom. The van der Waals surface area contributed by atoms with E-state index in [0.717, 1.165) is 0 Å². The molecule has 0 aliphatic carbocycles. The molecule has 0 radical (unpaired) electrons. The summed E-state index contributed by atoms with van der Waals surface area (Å²) >= 11 is 6.07. The molecule has 8 heteroatoms. The molecule has 26 heavy (non-hydrogen) atoms. The second-order valence-corrected chi connectivity index (χ2v) is 8.08. The van der Waals surface area contributed by atoms with Crippen molar-refractivity contribution in [3.8, 4) is 5.75 Å². The topological polar surface area (TPSA) is 84.5 Å². The predicted molar refractivity (Wildman–Crippen MR) is 102 cm³/mol. The minimum atomic E-state index is -3.69. The Balaban J connectivity index is 2.26. The first-order valence-electron chi connectivity index (χ1n) is 7.96. The monoisotopic (exact) mass is 396 g/mol. The fourth-order valence-electron chi connectivity index (χ4n) is 2.34. The van der Waals surface area contributed by atoms with Crippen LogP contribution in [0.15, 0.2) is 47.4 Å². The Labute approximate surface area is 158 Å². The molecule has 0 heterocycles. The van der Waals surface area contributed by atoms with Crippen molar-refractivity contribution in [3.05, 3.63) is 53.1 Å². The largest absolute Gasteiger partial charge is 0.495 e. The van der Waals surface area contributed by atoms with E-state index < -0.39 is 10.0 Å². The van der Waals surface area contributed by atoms with Gasteiger partial charge >= 0.3 is 0 Å². The van der Waals surface area contributed by atoms with Crippen molar-refractivity contribution in [3.63, 3.8) is 0 Å². The van der Waals surface area contributed by atoms with E-state index in [1.807, 2.05) is 0 Å². The number of carbonyl (C=O) groups is 1. The molecule has 1 amide bonds. The van der Waals surface area contributed by atoms with Crippen LogP contribution in [0.1, 0.15) is 19.4 Å². The van der Waals surface area contributed by atoms with Crippen molar-refractivity contribution in [2.45, 2.75) is 31.2 Å². The van der Waals surface area contributed by atoms with E-state index >= 15 is 0 Å². The fourth-order valence-corrected chi connectivity index (χ4v) is 3.82. The lowest BCUT2D eigenvalue weighted by atomic mass is 10.1. The Bertz CT molecular complexity index is 898. The molecule has 6 nitrogen and oxygen atoms in total. The van der Waals surface area contributed by atoms with Gasteiger partial charge in [0.2, 0.25) is 15.9 Å². The normalized spacial score (nSPS) is 11.4. The van der Waals surface area contributed by atoms with Crippen molar-refractivity contribution >= 4 is 33.2 Å². The number of anilines is 1. The van der Waals surface area contributed by atoms with Gasteiger partial charge in [0.25, 0.3) is 0 Å². The van der Waals surface area contributed by atoms with Gasteiger partial charge in [0.05, 0.1) is 24.1 Å². The van der Waals surface area contributed by atoms with Crippen LogP contribution in [-0.4, -0.2) is 27.5 Å². The molecule has 0 aromatic heterocycles. The summed E-state index contributed by atoms with van der Waals surface area (Å²) in [6.07, 6.45) is 0.0596. The minimum Gasteiger partial charge on any atom is -0.495 e. The first kappa shape index (κ1) is 20.2. The zero-order valence-corrected chi connectivity index (χ0v) is 16.3. The molecule has 2 aromatic rings. The molecule has 0 unspecified atom stereocenters. The average molecular weight is 397 g/mol. The Morgan fingerprint density at radius 3 is 2.50 bits per heavy atom. The zero-order chi connectivity index (χ0) is 19.3. The molecular weight excluding hydrogens is 376 g/mol. The first-order valence-corrected chi connectivity index (χ1v) is 9.82. The first-order chi connectivity index (χ1) is 12.2. The molecular formula is C18H21ClN2O4S. The van der Waals surface area contributed by atoms with E-state index in [-0.39, 0.29) is 29.0 Å². The highest BCUT2D eigenvalue weighted by Gasteiger charge is 2.18. The highest BCUT2D eigenvalue weighted by molar-refractivity contribution is 7.89. The van der Waals surface area contributed by atoms with Crippen LogP contribution in [0.25, 0.3) is 0 Å². The number of ether oxygens (including phenoxy) is 1. The number of nitrogens with one attached hydrogen (secondary N) is 2. The van der Waals surface area contributed by atoms with Crippen LogP contribution in [0.4, 0.5) is 5.69 Å². The Morgan fingerprint density at radius 1 is 1.19 bits per heavy atom. The van der Waals surface area contributed by atoms with E-state index in [9.17, 15) is 13.2 Å². The van der Waals surface area contributed by atoms with Crippen LogP contribution in [-0.2, 0) is 21.2 Å². The maximum absolute atomic E-state index is 12.4. The molecule has 2 rings (SSSR count). The van der Waals surface area contributed by atoms with Crippen LogP contribution in [0.3, 0.4) is 0 Å². The average Bonchev–Trinajstić information content (AvgIpc) is 2.55. The lowest BCUT2D eigenvalue weighted by Crippen LogP contribution is -2.30. The third kappa shape index (κ3) is 5.20. The van der Waals surface area contributed by atoms with Gasteiger partial charge in [-0.05, 0) is 43.7 Å². The summed E-state index contributed by atoms with van der Waals surface area (Å²) in [6, 6.07) is 11.1. The van der Waals surface area contributed by atoms with E-state index in [1.165, 1.54) is 25.3 Å². The predicted octanol–water partition coefficient (Wildman–Crippen LogP) is 3.22. The van der Waals surface area contributed by atoms with Gasteiger partial charge in [0.15, 0.2) is 0 Å². The van der Waals surface area contributed by atoms with Crippen molar-refractivity contribution in [2.24, 2.45) is 0 Å². The molecule has 0 atom stereocenters. The van der Waals surface area contributed by atoms with Gasteiger partial charge in [-0.1, -0.05) is 29.8 Å². The Kier molecular flexibility index (Phi) is 6.63. The summed E-state index contributed by atoms with van der Waals surface area (Å²) in [4.78, 5) is 12.4. The van der Waals surface area contributed by atoms with Crippen molar-refractivity contribution in [2.75, 3.05) is 12.4 Å². The standard InChI is InChI=1S/C18H21ClN2O4S/c1-12(2)21-26(23,24)14-8-9-17(25-3)16(11-14)20-18(22)10-13-6-4-5-7-15(13)19/h4-9,11-12,21H,10H2,1-3H3,(H,20,22). The molecule has 0 saturated carbocycles. The van der Waals surface area contributed by atoms with Gasteiger partial charge < -0.3 is 10.1 Å². The van der Waals surface area contributed by atoms with Crippen LogP contribution in [0.2, 0.25) is 5.02 Å². The van der Waals surface area contributed by atoms with Gasteiger partial charge in [-0.25, -0.2) is 13.1 Å². The lowest BCUT2D eigenvalue weighted by Gasteiger charge is -2.14. The number of halogens is 1. The molecule has 2 aromatic carbocycles. The smallest absolute Gasteiger partial charge is 0.240 e. The minimum absolute atomic E-state index is 0.0417. The van der Waals surface area contributed by atoms with E-state index in [4.69, 9.17) is 16.3 Å². The number of sulfonamides is 1. The van der Waals surface area contributed by atoms with Gasteiger partial charge in [-0.3, -0.25) is 4.79 Å². The highest BCUT2D eigenvalue weighted by Crippen LogP contribution is 2.28. The highest BCUT2D eigenvalue weighted by atomic mass is 35.5. The maximum Gasteiger partial charge on any atom is 0.240 e. The number of hydrogen-bond acceptors (Lipinski definition) is 4. The molecule has 0 aliphatic heterocycles. The summed E-state index contributed by atoms with van der Waals surface area (Å²) in [6.45, 7) is 3.46. The fraction of sp³-hybridized carbons (Fsp3) is 0.278. The molecule has 0 fully saturated rings. The molecule has 0 bridgehead atoms. The number of carbonyl (C=O) groups excluding carboxylic acids is 1. The van der Waals surface area contributed by atoms with E-state index in [1.54, 1.807) is 38.1 Å². The van der Waals surface area contributed by atoms with Gasteiger partial charge in [-0.15, -0.1) is 0 Å². The second-order valence-electron chi connectivity index (χ2n) is 5.95. The zero-order valence-electron chi connectivity index (χ0n) is 14.7. The van der Waals surface area contributed by atoms with Crippen molar-refractivity contribution in [1.82, 2.24) is 4.72 Å². The third-order valence-corrected chi connectivity index (χ3v) is 5.48. The van der Waals surface area contributed by atoms with E-state index in [0.29, 0.717) is 16.3 Å². The van der Waals surface area contributed by atoms with Crippen LogP contribution in [0, 0.1) is 0 Å². The van der Waals surface area contributed by atoms with Crippen LogP contribution >= 0.6 is 11.6 Å². The van der Waals surface area contributed by atoms with Gasteiger partial charge in [0, 0.05) is 11.1 Å². The second kappa shape index (κ2) is 8.53.